The van der Waals surface area contributed by atoms with Crippen LogP contribution in [-0.2, 0) is 16.1 Å². The minimum atomic E-state index is -4.62. The van der Waals surface area contributed by atoms with Gasteiger partial charge in [-0.15, -0.1) is 0 Å². The molecule has 1 unspecified atom stereocenters. The standard InChI is InChI=1S/C21H21F3N2O4/c22-21(23,24)14-29-20(28)26-12-6-10-17(26)19(27)25-13-15-7-4-5-11-18(15)30-16-8-2-1-3-9-16/h1-5,7-9,11,17H,6,10,12-14H2,(H,25,27). The van der Waals surface area contributed by atoms with Gasteiger partial charge in [0.15, 0.2) is 6.61 Å². The molecule has 2 aromatic rings. The molecule has 0 bridgehead atoms. The zero-order valence-corrected chi connectivity index (χ0v) is 16.0. The molecule has 30 heavy (non-hydrogen) atoms. The molecule has 1 heterocycles. The highest BCUT2D eigenvalue weighted by Gasteiger charge is 2.37. The van der Waals surface area contributed by atoms with Crippen molar-refractivity contribution in [1.29, 1.82) is 0 Å². The largest absolute Gasteiger partial charge is 0.457 e. The summed E-state index contributed by atoms with van der Waals surface area (Å²) in [4.78, 5) is 25.6. The molecule has 1 N–H and O–H groups in total. The topological polar surface area (TPSA) is 67.9 Å². The van der Waals surface area contributed by atoms with Crippen molar-refractivity contribution >= 4 is 12.0 Å². The van der Waals surface area contributed by atoms with E-state index in [1.165, 1.54) is 0 Å². The summed E-state index contributed by atoms with van der Waals surface area (Å²) in [5, 5.41) is 2.73. The number of hydrogen-bond acceptors (Lipinski definition) is 4. The Morgan fingerprint density at radius 2 is 1.77 bits per heavy atom. The summed E-state index contributed by atoms with van der Waals surface area (Å²) < 4.78 is 47.0. The van der Waals surface area contributed by atoms with Crippen LogP contribution < -0.4 is 10.1 Å². The lowest BCUT2D eigenvalue weighted by Crippen LogP contribution is -2.46. The van der Waals surface area contributed by atoms with Gasteiger partial charge >= 0.3 is 12.3 Å². The highest BCUT2D eigenvalue weighted by molar-refractivity contribution is 5.86. The Morgan fingerprint density at radius 1 is 1.07 bits per heavy atom. The van der Waals surface area contributed by atoms with Gasteiger partial charge in [-0.05, 0) is 31.0 Å². The van der Waals surface area contributed by atoms with Crippen LogP contribution >= 0.6 is 0 Å². The highest BCUT2D eigenvalue weighted by atomic mass is 19.4. The first-order valence-electron chi connectivity index (χ1n) is 9.42. The first kappa shape index (κ1) is 21.5. The molecule has 9 heteroatoms. The van der Waals surface area contributed by atoms with Crippen LogP contribution in [0.2, 0.25) is 0 Å². The predicted octanol–water partition coefficient (Wildman–Crippen LogP) is 4.26. The van der Waals surface area contributed by atoms with E-state index in [0.29, 0.717) is 24.3 Å². The molecule has 6 nitrogen and oxygen atoms in total. The Morgan fingerprint density at radius 3 is 2.50 bits per heavy atom. The summed E-state index contributed by atoms with van der Waals surface area (Å²) >= 11 is 0. The van der Waals surface area contributed by atoms with E-state index in [0.717, 1.165) is 10.5 Å². The van der Waals surface area contributed by atoms with Gasteiger partial charge in [0.1, 0.15) is 17.5 Å². The molecular formula is C21H21F3N2O4. The van der Waals surface area contributed by atoms with E-state index in [9.17, 15) is 22.8 Å². The first-order valence-corrected chi connectivity index (χ1v) is 9.42. The zero-order chi connectivity index (χ0) is 21.6. The van der Waals surface area contributed by atoms with Crippen molar-refractivity contribution in [2.24, 2.45) is 0 Å². The van der Waals surface area contributed by atoms with Crippen molar-refractivity contribution in [2.75, 3.05) is 13.2 Å². The van der Waals surface area contributed by atoms with Crippen LogP contribution in [0.15, 0.2) is 54.6 Å². The predicted molar refractivity (Wildman–Crippen MR) is 102 cm³/mol. The summed E-state index contributed by atoms with van der Waals surface area (Å²) in [7, 11) is 0. The molecule has 0 radical (unpaired) electrons. The SMILES string of the molecule is O=C(NCc1ccccc1Oc1ccccc1)C1CCCN1C(=O)OCC(F)(F)F. The quantitative estimate of drug-likeness (QED) is 0.756. The van der Waals surface area contributed by atoms with E-state index >= 15 is 0 Å². The highest BCUT2D eigenvalue weighted by Crippen LogP contribution is 2.25. The number of carbonyl (C=O) groups is 2. The third-order valence-corrected chi connectivity index (χ3v) is 4.55. The number of para-hydroxylation sites is 2. The Labute approximate surface area is 171 Å². The van der Waals surface area contributed by atoms with E-state index in [2.05, 4.69) is 10.1 Å². The molecule has 2 amide bonds. The van der Waals surface area contributed by atoms with Gasteiger partial charge in [0.05, 0.1) is 0 Å². The number of ether oxygens (including phenoxy) is 2. The van der Waals surface area contributed by atoms with E-state index in [-0.39, 0.29) is 13.1 Å². The Kier molecular flexibility index (Phi) is 6.81. The van der Waals surface area contributed by atoms with Crippen molar-refractivity contribution in [3.8, 4) is 11.5 Å². The average Bonchev–Trinajstić information content (AvgIpc) is 3.21. The molecular weight excluding hydrogens is 401 g/mol. The van der Waals surface area contributed by atoms with Gasteiger partial charge in [0, 0.05) is 18.7 Å². The van der Waals surface area contributed by atoms with E-state index in [4.69, 9.17) is 4.74 Å². The number of hydrogen-bond donors (Lipinski definition) is 1. The van der Waals surface area contributed by atoms with Crippen molar-refractivity contribution in [1.82, 2.24) is 10.2 Å². The Bertz CT molecular complexity index is 874. The van der Waals surface area contributed by atoms with Crippen LogP contribution in [0.1, 0.15) is 18.4 Å². The lowest BCUT2D eigenvalue weighted by molar-refractivity contribution is -0.162. The fraction of sp³-hybridized carbons (Fsp3) is 0.333. The lowest BCUT2D eigenvalue weighted by atomic mass is 10.1. The normalized spacial score (nSPS) is 16.2. The van der Waals surface area contributed by atoms with Gasteiger partial charge in [-0.2, -0.15) is 13.2 Å². The second-order valence-electron chi connectivity index (χ2n) is 6.76. The van der Waals surface area contributed by atoms with Gasteiger partial charge in [-0.25, -0.2) is 4.79 Å². The number of likely N-dealkylation sites (tertiary alicyclic amines) is 1. The monoisotopic (exact) mass is 422 g/mol. The zero-order valence-electron chi connectivity index (χ0n) is 16.0. The summed E-state index contributed by atoms with van der Waals surface area (Å²) in [6.45, 7) is -1.37. The molecule has 1 aliphatic rings. The number of benzene rings is 2. The number of alkyl halides is 3. The number of amides is 2. The van der Waals surface area contributed by atoms with Crippen LogP contribution in [0.5, 0.6) is 11.5 Å². The molecule has 1 atom stereocenters. The fourth-order valence-corrected chi connectivity index (χ4v) is 3.15. The Balaban J connectivity index is 1.59. The maximum Gasteiger partial charge on any atom is 0.422 e. The van der Waals surface area contributed by atoms with Crippen molar-refractivity contribution in [3.63, 3.8) is 0 Å². The summed E-state index contributed by atoms with van der Waals surface area (Å²) in [5.41, 5.74) is 0.721. The average molecular weight is 422 g/mol. The summed E-state index contributed by atoms with van der Waals surface area (Å²) in [6.07, 6.45) is -4.89. The molecule has 0 spiro atoms. The molecule has 1 fully saturated rings. The van der Waals surface area contributed by atoms with Gasteiger partial charge in [-0.3, -0.25) is 9.69 Å². The molecule has 3 rings (SSSR count). The fourth-order valence-electron chi connectivity index (χ4n) is 3.15. The van der Waals surface area contributed by atoms with Crippen LogP contribution in [-0.4, -0.2) is 42.3 Å². The molecule has 0 aliphatic carbocycles. The number of nitrogens with zero attached hydrogens (tertiary/aromatic N) is 1. The molecule has 160 valence electrons. The van der Waals surface area contributed by atoms with Crippen LogP contribution in [0.3, 0.4) is 0 Å². The summed E-state index contributed by atoms with van der Waals surface area (Å²) in [6, 6.07) is 15.5. The van der Waals surface area contributed by atoms with E-state index in [1.807, 2.05) is 18.2 Å². The lowest BCUT2D eigenvalue weighted by Gasteiger charge is -2.23. The third-order valence-electron chi connectivity index (χ3n) is 4.55. The van der Waals surface area contributed by atoms with Crippen molar-refractivity contribution < 1.29 is 32.2 Å². The number of rotatable bonds is 6. The second-order valence-corrected chi connectivity index (χ2v) is 6.76. The number of carbonyl (C=O) groups excluding carboxylic acids is 2. The maximum absolute atomic E-state index is 12.6. The van der Waals surface area contributed by atoms with Crippen LogP contribution in [0.4, 0.5) is 18.0 Å². The molecule has 0 aromatic heterocycles. The molecule has 1 saturated heterocycles. The Hall–Kier alpha value is -3.23. The second kappa shape index (κ2) is 9.51. The minimum absolute atomic E-state index is 0.143. The van der Waals surface area contributed by atoms with Gasteiger partial charge in [-0.1, -0.05) is 36.4 Å². The molecule has 0 saturated carbocycles. The van der Waals surface area contributed by atoms with Gasteiger partial charge < -0.3 is 14.8 Å². The van der Waals surface area contributed by atoms with E-state index in [1.54, 1.807) is 36.4 Å². The molecule has 2 aromatic carbocycles. The smallest absolute Gasteiger partial charge is 0.422 e. The molecule has 1 aliphatic heterocycles. The van der Waals surface area contributed by atoms with Crippen LogP contribution in [0, 0.1) is 0 Å². The van der Waals surface area contributed by atoms with E-state index < -0.39 is 30.8 Å². The first-order chi connectivity index (χ1) is 14.3. The van der Waals surface area contributed by atoms with Crippen LogP contribution in [0.25, 0.3) is 0 Å². The number of nitrogens with one attached hydrogen (secondary N) is 1. The van der Waals surface area contributed by atoms with Gasteiger partial charge in [0.2, 0.25) is 5.91 Å². The van der Waals surface area contributed by atoms with Gasteiger partial charge in [0.25, 0.3) is 0 Å². The van der Waals surface area contributed by atoms with Crippen molar-refractivity contribution in [3.05, 3.63) is 60.2 Å². The third kappa shape index (κ3) is 5.88. The minimum Gasteiger partial charge on any atom is -0.457 e. The summed E-state index contributed by atoms with van der Waals surface area (Å²) in [5.74, 6) is 0.758. The maximum atomic E-state index is 12.6. The number of halogens is 3. The van der Waals surface area contributed by atoms with Crippen molar-refractivity contribution in [2.45, 2.75) is 31.6 Å².